The number of fused-ring (bicyclic) bond motifs is 1. The lowest BCUT2D eigenvalue weighted by molar-refractivity contribution is -0.118. The molecule has 26 heavy (non-hydrogen) atoms. The van der Waals surface area contributed by atoms with Crippen LogP contribution in [0.2, 0.25) is 0 Å². The Labute approximate surface area is 153 Å². The van der Waals surface area contributed by atoms with Gasteiger partial charge in [-0.3, -0.25) is 19.0 Å². The van der Waals surface area contributed by atoms with Crippen LogP contribution in [0.1, 0.15) is 27.2 Å². The number of aryl methyl sites for hydroxylation is 2. The van der Waals surface area contributed by atoms with Crippen molar-refractivity contribution in [3.05, 3.63) is 50.6 Å². The molecule has 2 heterocycles. The Morgan fingerprint density at radius 1 is 1.23 bits per heavy atom. The maximum absolute atomic E-state index is 13.1. The van der Waals surface area contributed by atoms with E-state index in [0.29, 0.717) is 26.5 Å². The summed E-state index contributed by atoms with van der Waals surface area (Å²) in [5.74, 6) is -0.664. The van der Waals surface area contributed by atoms with Gasteiger partial charge in [0, 0.05) is 18.5 Å². The number of amides is 2. The number of aromatic nitrogens is 2. The van der Waals surface area contributed by atoms with Crippen LogP contribution in [0.4, 0.5) is 0 Å². The fourth-order valence-electron chi connectivity index (χ4n) is 2.89. The molecule has 1 aromatic carbocycles. The lowest BCUT2D eigenvalue weighted by atomic mass is 10.1. The molecule has 0 radical (unpaired) electrons. The molecule has 134 valence electrons. The van der Waals surface area contributed by atoms with Gasteiger partial charge in [-0.05, 0) is 25.5 Å². The quantitative estimate of drug-likeness (QED) is 0.710. The van der Waals surface area contributed by atoms with Crippen LogP contribution in [0.3, 0.4) is 0 Å². The molecular formula is C18H18N4O3S. The van der Waals surface area contributed by atoms with Gasteiger partial charge in [0.2, 0.25) is 5.91 Å². The van der Waals surface area contributed by atoms with E-state index in [1.54, 1.807) is 6.92 Å². The maximum Gasteiger partial charge on any atom is 0.262 e. The summed E-state index contributed by atoms with van der Waals surface area (Å²) in [6, 6.07) is 7.56. The largest absolute Gasteiger partial charge is 0.370 e. The molecule has 2 amide bonds. The summed E-state index contributed by atoms with van der Waals surface area (Å²) in [4.78, 5) is 41.4. The van der Waals surface area contributed by atoms with E-state index in [0.717, 1.165) is 22.5 Å². The van der Waals surface area contributed by atoms with E-state index in [-0.39, 0.29) is 18.5 Å². The zero-order valence-electron chi connectivity index (χ0n) is 14.4. The first-order valence-electron chi connectivity index (χ1n) is 7.98. The third kappa shape index (κ3) is 3.11. The summed E-state index contributed by atoms with van der Waals surface area (Å²) >= 11 is 1.10. The Hall–Kier alpha value is -3.00. The first-order valence-corrected chi connectivity index (χ1v) is 8.80. The van der Waals surface area contributed by atoms with Gasteiger partial charge < -0.3 is 11.5 Å². The minimum Gasteiger partial charge on any atom is -0.370 e. The predicted molar refractivity (Wildman–Crippen MR) is 101 cm³/mol. The zero-order chi connectivity index (χ0) is 19.0. The van der Waals surface area contributed by atoms with Crippen LogP contribution in [0.5, 0.6) is 0 Å². The molecule has 0 saturated heterocycles. The van der Waals surface area contributed by atoms with E-state index < -0.39 is 11.8 Å². The van der Waals surface area contributed by atoms with Crippen LogP contribution in [0, 0.1) is 13.8 Å². The standard InChI is InChI=1S/C18H18N4O3S/c1-9-4-3-5-11(8-9)16-21-17-13(10(2)14(26-17)15(20)24)18(25)22(16)7-6-12(19)23/h3-5,8H,6-7H2,1-2H3,(H2,19,23)(H2,20,24). The maximum atomic E-state index is 13.1. The Balaban J connectivity index is 2.34. The summed E-state index contributed by atoms with van der Waals surface area (Å²) in [6.07, 6.45) is 0.0117. The van der Waals surface area contributed by atoms with E-state index >= 15 is 0 Å². The van der Waals surface area contributed by atoms with E-state index in [4.69, 9.17) is 11.5 Å². The fourth-order valence-corrected chi connectivity index (χ4v) is 3.91. The molecule has 8 heteroatoms. The van der Waals surface area contributed by atoms with Crippen LogP contribution >= 0.6 is 11.3 Å². The zero-order valence-corrected chi connectivity index (χ0v) is 15.2. The molecule has 3 rings (SSSR count). The minimum atomic E-state index is -0.592. The lowest BCUT2D eigenvalue weighted by Gasteiger charge is -2.12. The van der Waals surface area contributed by atoms with Gasteiger partial charge in [0.1, 0.15) is 10.7 Å². The van der Waals surface area contributed by atoms with E-state index in [9.17, 15) is 14.4 Å². The van der Waals surface area contributed by atoms with Crippen LogP contribution in [0.25, 0.3) is 21.6 Å². The van der Waals surface area contributed by atoms with Crippen molar-refractivity contribution < 1.29 is 9.59 Å². The SMILES string of the molecule is Cc1cccc(-c2nc3sc(C(N)=O)c(C)c3c(=O)n2CCC(N)=O)c1. The number of nitrogens with two attached hydrogens (primary N) is 2. The molecule has 0 saturated carbocycles. The number of thiophene rings is 1. The number of carbonyl (C=O) groups is 2. The topological polar surface area (TPSA) is 121 Å². The number of rotatable bonds is 5. The van der Waals surface area contributed by atoms with Crippen LogP contribution in [0.15, 0.2) is 29.1 Å². The lowest BCUT2D eigenvalue weighted by Crippen LogP contribution is -2.26. The highest BCUT2D eigenvalue weighted by Crippen LogP contribution is 2.29. The molecular weight excluding hydrogens is 352 g/mol. The Morgan fingerprint density at radius 3 is 2.58 bits per heavy atom. The highest BCUT2D eigenvalue weighted by Gasteiger charge is 2.21. The highest BCUT2D eigenvalue weighted by molar-refractivity contribution is 7.20. The summed E-state index contributed by atoms with van der Waals surface area (Å²) in [5.41, 5.74) is 12.6. The second-order valence-corrected chi connectivity index (χ2v) is 7.08. The molecule has 0 spiro atoms. The average Bonchev–Trinajstić information content (AvgIpc) is 2.91. The van der Waals surface area contributed by atoms with Crippen LogP contribution in [-0.2, 0) is 11.3 Å². The molecule has 0 atom stereocenters. The number of hydrogen-bond donors (Lipinski definition) is 2. The number of primary amides is 2. The van der Waals surface area contributed by atoms with Crippen molar-refractivity contribution in [1.82, 2.24) is 9.55 Å². The van der Waals surface area contributed by atoms with E-state index in [1.807, 2.05) is 31.2 Å². The molecule has 0 bridgehead atoms. The monoisotopic (exact) mass is 370 g/mol. The average molecular weight is 370 g/mol. The molecule has 0 aliphatic heterocycles. The van der Waals surface area contributed by atoms with Crippen molar-refractivity contribution in [1.29, 1.82) is 0 Å². The van der Waals surface area contributed by atoms with Gasteiger partial charge in [0.15, 0.2) is 0 Å². The van der Waals surface area contributed by atoms with Gasteiger partial charge in [-0.2, -0.15) is 0 Å². The van der Waals surface area contributed by atoms with Gasteiger partial charge in [0.25, 0.3) is 11.5 Å². The molecule has 7 nitrogen and oxygen atoms in total. The number of benzene rings is 1. The van der Waals surface area contributed by atoms with Crippen LogP contribution in [-0.4, -0.2) is 21.4 Å². The molecule has 2 aromatic heterocycles. The number of carbonyl (C=O) groups excluding carboxylic acids is 2. The first kappa shape index (κ1) is 17.8. The van der Waals surface area contributed by atoms with Gasteiger partial charge in [-0.15, -0.1) is 11.3 Å². The molecule has 0 aliphatic carbocycles. The summed E-state index contributed by atoms with van der Waals surface area (Å²) in [5, 5.41) is 0.352. The predicted octanol–water partition coefficient (Wildman–Crippen LogP) is 1.72. The molecule has 4 N–H and O–H groups in total. The normalized spacial score (nSPS) is 11.0. The van der Waals surface area contributed by atoms with Gasteiger partial charge in [-0.1, -0.05) is 23.8 Å². The smallest absolute Gasteiger partial charge is 0.262 e. The Bertz CT molecular complexity index is 1100. The van der Waals surface area contributed by atoms with Crippen molar-refractivity contribution in [3.8, 4) is 11.4 Å². The van der Waals surface area contributed by atoms with Crippen LogP contribution < -0.4 is 17.0 Å². The van der Waals surface area contributed by atoms with Crippen molar-refractivity contribution in [2.75, 3.05) is 0 Å². The third-order valence-electron chi connectivity index (χ3n) is 4.13. The van der Waals surface area contributed by atoms with Crippen molar-refractivity contribution in [2.24, 2.45) is 11.5 Å². The second kappa shape index (κ2) is 6.72. The summed E-state index contributed by atoms with van der Waals surface area (Å²) < 4.78 is 1.44. The minimum absolute atomic E-state index is 0.0117. The van der Waals surface area contributed by atoms with Crippen molar-refractivity contribution in [3.63, 3.8) is 0 Å². The van der Waals surface area contributed by atoms with Crippen molar-refractivity contribution >= 4 is 33.4 Å². The van der Waals surface area contributed by atoms with E-state index in [2.05, 4.69) is 4.98 Å². The molecule has 0 fully saturated rings. The molecule has 0 unspecified atom stereocenters. The second-order valence-electron chi connectivity index (χ2n) is 6.08. The van der Waals surface area contributed by atoms with Gasteiger partial charge in [-0.25, -0.2) is 4.98 Å². The number of nitrogens with zero attached hydrogens (tertiary/aromatic N) is 2. The summed E-state index contributed by atoms with van der Waals surface area (Å²) in [6.45, 7) is 3.72. The summed E-state index contributed by atoms with van der Waals surface area (Å²) in [7, 11) is 0. The van der Waals surface area contributed by atoms with Crippen molar-refractivity contribution in [2.45, 2.75) is 26.8 Å². The fraction of sp³-hybridized carbons (Fsp3) is 0.222. The highest BCUT2D eigenvalue weighted by atomic mass is 32.1. The molecule has 0 aliphatic rings. The van der Waals surface area contributed by atoms with Gasteiger partial charge in [0.05, 0.1) is 10.3 Å². The Morgan fingerprint density at radius 2 is 1.96 bits per heavy atom. The van der Waals surface area contributed by atoms with Gasteiger partial charge >= 0.3 is 0 Å². The Kier molecular flexibility index (Phi) is 4.60. The third-order valence-corrected chi connectivity index (χ3v) is 5.33. The molecule has 3 aromatic rings. The first-order chi connectivity index (χ1) is 12.3. The number of hydrogen-bond acceptors (Lipinski definition) is 5. The van der Waals surface area contributed by atoms with E-state index in [1.165, 1.54) is 4.57 Å².